The molecular weight excluding hydrogens is 259 g/mol. The third kappa shape index (κ3) is 3.80. The van der Waals surface area contributed by atoms with Crippen LogP contribution in [0.25, 0.3) is 0 Å². The molecule has 4 nitrogen and oxygen atoms in total. The minimum atomic E-state index is -3.20. The molecule has 0 fully saturated rings. The second-order valence-corrected chi connectivity index (χ2v) is 6.75. The first-order valence-corrected chi connectivity index (χ1v) is 7.17. The van der Waals surface area contributed by atoms with Crippen LogP contribution < -0.4 is 4.74 Å². The van der Waals surface area contributed by atoms with Gasteiger partial charge >= 0.3 is 0 Å². The van der Waals surface area contributed by atoms with Crippen molar-refractivity contribution in [2.45, 2.75) is 19.1 Å². The Hall–Kier alpha value is -1.43. The zero-order chi connectivity index (χ0) is 13.8. The molecule has 1 aromatic rings. The number of rotatable bonds is 6. The lowest BCUT2D eigenvalue weighted by Crippen LogP contribution is -2.22. The van der Waals surface area contributed by atoms with Gasteiger partial charge in [0, 0.05) is 5.56 Å². The van der Waals surface area contributed by atoms with Crippen molar-refractivity contribution in [3.63, 3.8) is 0 Å². The van der Waals surface area contributed by atoms with Gasteiger partial charge in [-0.2, -0.15) is 0 Å². The molecular formula is C12H15FO4S. The van der Waals surface area contributed by atoms with Crippen molar-refractivity contribution in [2.24, 2.45) is 0 Å². The van der Waals surface area contributed by atoms with Gasteiger partial charge < -0.3 is 4.74 Å². The second kappa shape index (κ2) is 5.95. The molecule has 0 radical (unpaired) electrons. The summed E-state index contributed by atoms with van der Waals surface area (Å²) >= 11 is 0. The first kappa shape index (κ1) is 14.6. The molecule has 6 heteroatoms. The van der Waals surface area contributed by atoms with E-state index >= 15 is 0 Å². The van der Waals surface area contributed by atoms with Gasteiger partial charge in [-0.1, -0.05) is 0 Å². The predicted octanol–water partition coefficient (Wildman–Crippen LogP) is 1.84. The van der Waals surface area contributed by atoms with E-state index in [9.17, 15) is 17.6 Å². The highest BCUT2D eigenvalue weighted by Gasteiger charge is 2.16. The predicted molar refractivity (Wildman–Crippen MR) is 66.2 cm³/mol. The highest BCUT2D eigenvalue weighted by molar-refractivity contribution is 7.91. The summed E-state index contributed by atoms with van der Waals surface area (Å²) in [4.78, 5) is 10.4. The number of aldehydes is 1. The van der Waals surface area contributed by atoms with E-state index in [2.05, 4.69) is 0 Å². The molecule has 0 aliphatic carbocycles. The first-order valence-electron chi connectivity index (χ1n) is 5.46. The van der Waals surface area contributed by atoms with Crippen LogP contribution in [0.5, 0.6) is 5.75 Å². The molecule has 100 valence electrons. The van der Waals surface area contributed by atoms with Crippen LogP contribution in [0, 0.1) is 5.82 Å². The SMILES string of the molecule is CC(C)S(=O)(=O)CCOc1ccc(C=O)cc1F. The minimum Gasteiger partial charge on any atom is -0.489 e. The number of benzene rings is 1. The summed E-state index contributed by atoms with van der Waals surface area (Å²) in [6, 6.07) is 3.75. The van der Waals surface area contributed by atoms with E-state index in [0.29, 0.717) is 6.29 Å². The van der Waals surface area contributed by atoms with Gasteiger partial charge in [0.25, 0.3) is 0 Å². The Morgan fingerprint density at radius 2 is 2.06 bits per heavy atom. The van der Waals surface area contributed by atoms with Gasteiger partial charge in [-0.05, 0) is 32.0 Å². The minimum absolute atomic E-state index is 0.0560. The van der Waals surface area contributed by atoms with Crippen LogP contribution in [0.4, 0.5) is 4.39 Å². The van der Waals surface area contributed by atoms with Crippen molar-refractivity contribution in [3.8, 4) is 5.75 Å². The van der Waals surface area contributed by atoms with Gasteiger partial charge in [-0.25, -0.2) is 12.8 Å². The normalized spacial score (nSPS) is 11.6. The van der Waals surface area contributed by atoms with Gasteiger partial charge in [0.2, 0.25) is 0 Å². The molecule has 0 aromatic heterocycles. The zero-order valence-electron chi connectivity index (χ0n) is 10.2. The van der Waals surface area contributed by atoms with Crippen molar-refractivity contribution in [1.29, 1.82) is 0 Å². The number of hydrogen-bond acceptors (Lipinski definition) is 4. The van der Waals surface area contributed by atoms with Crippen LogP contribution in [0.15, 0.2) is 18.2 Å². The van der Waals surface area contributed by atoms with Crippen LogP contribution >= 0.6 is 0 Å². The van der Waals surface area contributed by atoms with Crippen molar-refractivity contribution < 1.29 is 22.3 Å². The maximum atomic E-state index is 13.4. The van der Waals surface area contributed by atoms with Crippen molar-refractivity contribution >= 4 is 16.1 Å². The van der Waals surface area contributed by atoms with E-state index in [1.54, 1.807) is 13.8 Å². The van der Waals surface area contributed by atoms with Crippen molar-refractivity contribution in [2.75, 3.05) is 12.4 Å². The van der Waals surface area contributed by atoms with Crippen LogP contribution in [-0.2, 0) is 9.84 Å². The van der Waals surface area contributed by atoms with E-state index in [4.69, 9.17) is 4.74 Å². The fourth-order valence-corrected chi connectivity index (χ4v) is 2.00. The average molecular weight is 274 g/mol. The molecule has 0 heterocycles. The Morgan fingerprint density at radius 1 is 1.39 bits per heavy atom. The average Bonchev–Trinajstić information content (AvgIpc) is 2.30. The Balaban J connectivity index is 2.62. The smallest absolute Gasteiger partial charge is 0.165 e. The molecule has 0 saturated heterocycles. The van der Waals surface area contributed by atoms with Crippen molar-refractivity contribution in [1.82, 2.24) is 0 Å². The van der Waals surface area contributed by atoms with Gasteiger partial charge in [0.1, 0.15) is 12.9 Å². The molecule has 0 spiro atoms. The topological polar surface area (TPSA) is 60.4 Å². The Kier molecular flexibility index (Phi) is 4.84. The quantitative estimate of drug-likeness (QED) is 0.743. The summed E-state index contributed by atoms with van der Waals surface area (Å²) in [5.74, 6) is -0.902. The summed E-state index contributed by atoms with van der Waals surface area (Å²) in [6.45, 7) is 3.04. The maximum Gasteiger partial charge on any atom is 0.165 e. The molecule has 0 atom stereocenters. The molecule has 0 unspecified atom stereocenters. The molecule has 1 aromatic carbocycles. The van der Waals surface area contributed by atoms with Gasteiger partial charge in [-0.15, -0.1) is 0 Å². The molecule has 0 saturated carbocycles. The summed E-state index contributed by atoms with van der Waals surface area (Å²) in [7, 11) is -3.20. The molecule has 0 aliphatic rings. The fourth-order valence-electron chi connectivity index (χ4n) is 1.21. The van der Waals surface area contributed by atoms with Crippen LogP contribution in [0.2, 0.25) is 0 Å². The standard InChI is InChI=1S/C12H15FO4S/c1-9(2)18(15,16)6-5-17-12-4-3-10(8-14)7-11(12)13/h3-4,7-9H,5-6H2,1-2H3. The summed E-state index contributed by atoms with van der Waals surface area (Å²) in [6.07, 6.45) is 0.524. The molecule has 1 rings (SSSR count). The van der Waals surface area contributed by atoms with E-state index in [1.165, 1.54) is 12.1 Å². The number of ether oxygens (including phenoxy) is 1. The van der Waals surface area contributed by atoms with E-state index in [1.807, 2.05) is 0 Å². The lowest BCUT2D eigenvalue weighted by atomic mass is 10.2. The molecule has 0 bridgehead atoms. The molecule has 0 aliphatic heterocycles. The number of carbonyl (C=O) groups is 1. The van der Waals surface area contributed by atoms with E-state index in [0.717, 1.165) is 6.07 Å². The third-order valence-corrected chi connectivity index (χ3v) is 4.61. The number of hydrogen-bond donors (Lipinski definition) is 0. The Morgan fingerprint density at radius 3 is 2.56 bits per heavy atom. The highest BCUT2D eigenvalue weighted by Crippen LogP contribution is 2.17. The lowest BCUT2D eigenvalue weighted by molar-refractivity contribution is 0.112. The van der Waals surface area contributed by atoms with Gasteiger partial charge in [0.05, 0.1) is 11.0 Å². The maximum absolute atomic E-state index is 13.4. The fraction of sp³-hybridized carbons (Fsp3) is 0.417. The molecule has 18 heavy (non-hydrogen) atoms. The largest absolute Gasteiger partial charge is 0.489 e. The number of sulfone groups is 1. The van der Waals surface area contributed by atoms with Gasteiger partial charge in [0.15, 0.2) is 21.4 Å². The zero-order valence-corrected chi connectivity index (χ0v) is 11.0. The third-order valence-electron chi connectivity index (χ3n) is 2.44. The summed E-state index contributed by atoms with van der Waals surface area (Å²) in [5, 5.41) is -0.483. The summed E-state index contributed by atoms with van der Waals surface area (Å²) < 4.78 is 41.4. The monoisotopic (exact) mass is 274 g/mol. The van der Waals surface area contributed by atoms with Crippen LogP contribution in [0.1, 0.15) is 24.2 Å². The highest BCUT2D eigenvalue weighted by atomic mass is 32.2. The Bertz CT molecular complexity index is 523. The molecule has 0 amide bonds. The van der Waals surface area contributed by atoms with E-state index < -0.39 is 20.9 Å². The number of carbonyl (C=O) groups excluding carboxylic acids is 1. The first-order chi connectivity index (χ1) is 8.36. The van der Waals surface area contributed by atoms with E-state index in [-0.39, 0.29) is 23.7 Å². The van der Waals surface area contributed by atoms with Gasteiger partial charge in [-0.3, -0.25) is 4.79 Å². The van der Waals surface area contributed by atoms with Crippen LogP contribution in [0.3, 0.4) is 0 Å². The summed E-state index contributed by atoms with van der Waals surface area (Å²) in [5.41, 5.74) is 0.203. The van der Waals surface area contributed by atoms with Crippen molar-refractivity contribution in [3.05, 3.63) is 29.6 Å². The molecule has 0 N–H and O–H groups in total. The lowest BCUT2D eigenvalue weighted by Gasteiger charge is -2.10. The Labute approximate surface area is 106 Å². The number of halogens is 1. The van der Waals surface area contributed by atoms with Crippen LogP contribution in [-0.4, -0.2) is 32.3 Å². The second-order valence-electron chi connectivity index (χ2n) is 4.07.